The normalized spacial score (nSPS) is 19.4. The zero-order valence-electron chi connectivity index (χ0n) is 34.2. The number of ether oxygens (including phenoxy) is 2. The third kappa shape index (κ3) is 6.74. The van der Waals surface area contributed by atoms with Crippen LogP contribution in [0.3, 0.4) is 0 Å². The maximum Gasteiger partial charge on any atom is 0.338 e. The molecule has 3 aliphatic rings. The van der Waals surface area contributed by atoms with Gasteiger partial charge < -0.3 is 18.9 Å². The first kappa shape index (κ1) is 39.2. The summed E-state index contributed by atoms with van der Waals surface area (Å²) in [5.74, 6) is 0.881. The smallest absolute Gasteiger partial charge is 0.338 e. The first-order valence-corrected chi connectivity index (χ1v) is 22.2. The van der Waals surface area contributed by atoms with Gasteiger partial charge in [0.1, 0.15) is 17.3 Å². The van der Waals surface area contributed by atoms with E-state index < -0.39 is 15.8 Å². The largest absolute Gasteiger partial charge is 0.381 e. The van der Waals surface area contributed by atoms with Crippen molar-refractivity contribution in [3.8, 4) is 17.2 Å². The molecule has 0 radical (unpaired) electrons. The Balaban J connectivity index is 1.14. The highest BCUT2D eigenvalue weighted by Crippen LogP contribution is 2.38. The molecule has 2 fully saturated rings. The molecule has 6 heterocycles. The molecular formula is C45H50FN7O5S. The van der Waals surface area contributed by atoms with Crippen molar-refractivity contribution in [1.82, 2.24) is 28.4 Å². The molecule has 2 saturated heterocycles. The monoisotopic (exact) mass is 819 g/mol. The predicted octanol–water partition coefficient (Wildman–Crippen LogP) is 7.44. The molecule has 9 rings (SSSR count). The molecule has 3 aromatic carbocycles. The van der Waals surface area contributed by atoms with Crippen LogP contribution >= 0.6 is 0 Å². The van der Waals surface area contributed by atoms with Crippen LogP contribution in [-0.2, 0) is 32.2 Å². The fourth-order valence-corrected chi connectivity index (χ4v) is 10.4. The molecule has 0 spiro atoms. The predicted molar refractivity (Wildman–Crippen MR) is 225 cm³/mol. The molecule has 308 valence electrons. The Kier molecular flexibility index (Phi) is 10.2. The van der Waals surface area contributed by atoms with Gasteiger partial charge in [0.25, 0.3) is 5.91 Å². The summed E-state index contributed by atoms with van der Waals surface area (Å²) >= 11 is 0. The Morgan fingerprint density at radius 1 is 0.949 bits per heavy atom. The van der Waals surface area contributed by atoms with Crippen molar-refractivity contribution in [1.29, 1.82) is 0 Å². The molecule has 0 unspecified atom stereocenters. The van der Waals surface area contributed by atoms with Crippen LogP contribution < -0.4 is 5.69 Å². The number of fused-ring (bicyclic) bond motifs is 2. The summed E-state index contributed by atoms with van der Waals surface area (Å²) < 4.78 is 50.8. The molecule has 1 amide bonds. The number of rotatable bonds is 9. The summed E-state index contributed by atoms with van der Waals surface area (Å²) in [6.07, 6.45) is 6.78. The Morgan fingerprint density at radius 3 is 2.32 bits per heavy atom. The van der Waals surface area contributed by atoms with Gasteiger partial charge >= 0.3 is 5.69 Å². The average molecular weight is 820 g/mol. The van der Waals surface area contributed by atoms with Gasteiger partial charge in [0.2, 0.25) is 0 Å². The van der Waals surface area contributed by atoms with E-state index >= 15 is 9.18 Å². The van der Waals surface area contributed by atoms with Gasteiger partial charge in [-0.2, -0.15) is 5.10 Å². The zero-order valence-corrected chi connectivity index (χ0v) is 35.0. The Labute approximate surface area is 343 Å². The number of halogens is 1. The number of carbonyl (C=O) groups is 1. The van der Waals surface area contributed by atoms with E-state index in [1.54, 1.807) is 78.9 Å². The number of benzene rings is 3. The van der Waals surface area contributed by atoms with E-state index in [1.165, 1.54) is 10.1 Å². The van der Waals surface area contributed by atoms with E-state index in [-0.39, 0.29) is 23.5 Å². The highest BCUT2D eigenvalue weighted by molar-refractivity contribution is 7.93. The molecule has 0 N–H and O–H groups in total. The summed E-state index contributed by atoms with van der Waals surface area (Å²) in [6, 6.07) is 18.6. The lowest BCUT2D eigenvalue weighted by atomic mass is 9.91. The number of hydrogen-bond acceptors (Lipinski definition) is 7. The third-order valence-electron chi connectivity index (χ3n) is 12.6. The summed E-state index contributed by atoms with van der Waals surface area (Å²) in [6.45, 7) is 10.5. The van der Waals surface area contributed by atoms with Gasteiger partial charge in [0.05, 0.1) is 38.9 Å². The second-order valence-electron chi connectivity index (χ2n) is 16.0. The van der Waals surface area contributed by atoms with Crippen LogP contribution in [0, 0.1) is 19.7 Å². The van der Waals surface area contributed by atoms with Crippen LogP contribution in [0.1, 0.15) is 83.5 Å². The molecule has 3 aromatic heterocycles. The fourth-order valence-electron chi connectivity index (χ4n) is 9.07. The third-order valence-corrected chi connectivity index (χ3v) is 14.9. The highest BCUT2D eigenvalue weighted by Gasteiger charge is 2.37. The van der Waals surface area contributed by atoms with Crippen molar-refractivity contribution >= 4 is 26.5 Å². The molecular weight excluding hydrogens is 770 g/mol. The molecule has 3 aliphatic heterocycles. The van der Waals surface area contributed by atoms with Crippen LogP contribution in [0.15, 0.2) is 87.1 Å². The molecule has 12 nitrogen and oxygen atoms in total. The van der Waals surface area contributed by atoms with Crippen LogP contribution in [0.2, 0.25) is 0 Å². The molecule has 3 atom stereocenters. The van der Waals surface area contributed by atoms with Gasteiger partial charge in [-0.3, -0.25) is 13.9 Å². The minimum absolute atomic E-state index is 0.0367. The Bertz CT molecular complexity index is 2760. The summed E-state index contributed by atoms with van der Waals surface area (Å²) in [5, 5.41) is 6.11. The number of imidazole rings is 1. The SMILES string of the molecule is CC[S@](=O)(=NC)c1ccc(-n2ccn(-c3c4c(nn3-c3cc(C)c(F)c(C)c3)CCN(C(=O)c3cc5cc(C6CCOCC6)ccc5n3C[C@@H]3CCO3)[C@H]4C)c2=O)cc1. The number of amides is 1. The summed E-state index contributed by atoms with van der Waals surface area (Å²) in [7, 11) is -0.993. The fraction of sp³-hybridized carbons (Fsp3) is 0.400. The maximum atomic E-state index is 15.0. The van der Waals surface area contributed by atoms with E-state index in [4.69, 9.17) is 14.6 Å². The molecule has 59 heavy (non-hydrogen) atoms. The van der Waals surface area contributed by atoms with E-state index in [0.717, 1.165) is 61.2 Å². The molecule has 6 aromatic rings. The Hall–Kier alpha value is -5.31. The maximum absolute atomic E-state index is 15.0. The van der Waals surface area contributed by atoms with Gasteiger partial charge in [0.15, 0.2) is 0 Å². The molecule has 0 saturated carbocycles. The number of carbonyl (C=O) groups excluding carboxylic acids is 1. The summed E-state index contributed by atoms with van der Waals surface area (Å²) in [4.78, 5) is 32.0. The quantitative estimate of drug-likeness (QED) is 0.150. The molecule has 14 heteroatoms. The topological polar surface area (TPSA) is 118 Å². The van der Waals surface area contributed by atoms with E-state index in [1.807, 2.05) is 24.8 Å². The first-order chi connectivity index (χ1) is 28.5. The van der Waals surface area contributed by atoms with Crippen LogP contribution in [-0.4, -0.2) is 83.8 Å². The van der Waals surface area contributed by atoms with Gasteiger partial charge in [-0.05, 0) is 117 Å². The van der Waals surface area contributed by atoms with Crippen LogP contribution in [0.5, 0.6) is 0 Å². The van der Waals surface area contributed by atoms with Gasteiger partial charge in [0, 0.05) is 85.9 Å². The lowest BCUT2D eigenvalue weighted by Crippen LogP contribution is -2.41. The average Bonchev–Trinajstić information content (AvgIpc) is 3.93. The van der Waals surface area contributed by atoms with Crippen molar-refractivity contribution in [3.63, 3.8) is 0 Å². The lowest BCUT2D eigenvalue weighted by molar-refractivity contribution is -0.0588. The van der Waals surface area contributed by atoms with Crippen molar-refractivity contribution in [3.05, 3.63) is 123 Å². The molecule has 0 aliphatic carbocycles. The number of hydrogen-bond donors (Lipinski definition) is 0. The van der Waals surface area contributed by atoms with Gasteiger partial charge in [-0.1, -0.05) is 13.0 Å². The zero-order chi connectivity index (χ0) is 41.2. The first-order valence-electron chi connectivity index (χ1n) is 20.6. The lowest BCUT2D eigenvalue weighted by Gasteiger charge is -2.34. The highest BCUT2D eigenvalue weighted by atomic mass is 32.2. The Morgan fingerprint density at radius 2 is 1.66 bits per heavy atom. The number of nitrogens with zero attached hydrogens (tertiary/aromatic N) is 7. The second kappa shape index (κ2) is 15.4. The summed E-state index contributed by atoms with van der Waals surface area (Å²) in [5.41, 5.74) is 6.14. The second-order valence-corrected chi connectivity index (χ2v) is 18.7. The number of aromatic nitrogens is 5. The van der Waals surface area contributed by atoms with Crippen LogP contribution in [0.4, 0.5) is 4.39 Å². The minimum atomic E-state index is -2.55. The molecule has 0 bridgehead atoms. The standard InChI is InChI=1S/C45H50FN7O5S/c1-6-59(56,47-5)37-10-8-34(9-11-37)50-18-19-51(45(50)55)43-41-30(4)49(17-13-38(41)48-53(43)35-23-28(2)42(46)29(3)24-35)44(54)40-26-33-25-32(31-14-20-57-21-15-31)7-12-39(33)52(40)27-36-16-22-58-36/h7-12,18-19,23-26,30-31,36H,6,13-17,20-22,27H2,1-5H3/t30-,36-,59+/m0/s1. The minimum Gasteiger partial charge on any atom is -0.381 e. The van der Waals surface area contributed by atoms with Crippen LogP contribution in [0.25, 0.3) is 28.1 Å². The van der Waals surface area contributed by atoms with Gasteiger partial charge in [-0.25, -0.2) is 22.4 Å². The van der Waals surface area contributed by atoms with E-state index in [2.05, 4.69) is 27.1 Å². The van der Waals surface area contributed by atoms with Crippen molar-refractivity contribution < 1.29 is 22.9 Å². The van der Waals surface area contributed by atoms with E-state index in [0.29, 0.717) is 70.1 Å². The van der Waals surface area contributed by atoms with Gasteiger partial charge in [-0.15, -0.1) is 0 Å². The van der Waals surface area contributed by atoms with E-state index in [9.17, 15) is 9.00 Å². The van der Waals surface area contributed by atoms with Crippen molar-refractivity contribution in [2.45, 2.75) is 82.9 Å². The van der Waals surface area contributed by atoms with Crippen molar-refractivity contribution in [2.75, 3.05) is 39.2 Å². The number of aryl methyl sites for hydroxylation is 2. The van der Waals surface area contributed by atoms with Crippen molar-refractivity contribution in [2.24, 2.45) is 4.36 Å².